The van der Waals surface area contributed by atoms with E-state index in [4.69, 9.17) is 9.15 Å². The van der Waals surface area contributed by atoms with E-state index in [0.29, 0.717) is 0 Å². The summed E-state index contributed by atoms with van der Waals surface area (Å²) >= 11 is 1.85. The standard InChI is InChI=1S/C38H30N2O2S/c1-23-32(21-27-25-13-5-7-17-31(25)42-37(27)35(23)29-15-9-11-19-39(29)3)41-33-22-28-26-14-6-8-18-34(26)43-38(28)36(24(33)2)30-16-10-12-20-40(30)4/h5-22H,1-4H3/q+2. The number of aromatic nitrogens is 2. The third kappa shape index (κ3) is 3.96. The molecule has 4 aromatic heterocycles. The lowest BCUT2D eigenvalue weighted by Crippen LogP contribution is -2.30. The van der Waals surface area contributed by atoms with Gasteiger partial charge in [-0.15, -0.1) is 11.3 Å². The smallest absolute Gasteiger partial charge is 0.216 e. The second kappa shape index (κ2) is 9.79. The molecule has 5 heteroatoms. The number of para-hydroxylation sites is 1. The van der Waals surface area contributed by atoms with Gasteiger partial charge in [-0.3, -0.25) is 0 Å². The fourth-order valence-electron chi connectivity index (χ4n) is 6.37. The molecule has 0 atom stereocenters. The van der Waals surface area contributed by atoms with E-state index < -0.39 is 0 Å². The van der Waals surface area contributed by atoms with Gasteiger partial charge >= 0.3 is 0 Å². The summed E-state index contributed by atoms with van der Waals surface area (Å²) in [5.41, 5.74) is 8.38. The number of thiophene rings is 1. The van der Waals surface area contributed by atoms with E-state index in [1.807, 2.05) is 29.5 Å². The van der Waals surface area contributed by atoms with Crippen LogP contribution in [-0.4, -0.2) is 0 Å². The molecule has 4 heterocycles. The second-order valence-electron chi connectivity index (χ2n) is 11.2. The van der Waals surface area contributed by atoms with Gasteiger partial charge in [-0.25, -0.2) is 9.13 Å². The predicted octanol–water partition coefficient (Wildman–Crippen LogP) is 9.35. The van der Waals surface area contributed by atoms with Gasteiger partial charge < -0.3 is 9.15 Å². The predicted molar refractivity (Wildman–Crippen MR) is 176 cm³/mol. The minimum absolute atomic E-state index is 0.822. The van der Waals surface area contributed by atoms with Crippen LogP contribution >= 0.6 is 11.3 Å². The molecule has 0 radical (unpaired) electrons. The zero-order valence-corrected chi connectivity index (χ0v) is 25.3. The summed E-state index contributed by atoms with van der Waals surface area (Å²) in [7, 11) is 4.18. The Morgan fingerprint density at radius 2 is 1.19 bits per heavy atom. The molecule has 0 saturated heterocycles. The quantitative estimate of drug-likeness (QED) is 0.195. The first-order chi connectivity index (χ1) is 21.0. The number of furan rings is 1. The largest absolute Gasteiger partial charge is 0.457 e. The first-order valence-electron chi connectivity index (χ1n) is 14.5. The summed E-state index contributed by atoms with van der Waals surface area (Å²) in [4.78, 5) is 0. The van der Waals surface area contributed by atoms with Crippen molar-refractivity contribution in [1.29, 1.82) is 0 Å². The summed E-state index contributed by atoms with van der Waals surface area (Å²) in [6.45, 7) is 4.32. The van der Waals surface area contributed by atoms with Crippen molar-refractivity contribution in [1.82, 2.24) is 0 Å². The van der Waals surface area contributed by atoms with Crippen LogP contribution in [0.5, 0.6) is 11.5 Å². The van der Waals surface area contributed by atoms with Crippen LogP contribution in [0.1, 0.15) is 11.1 Å². The number of pyridine rings is 2. The molecule has 8 rings (SSSR count). The van der Waals surface area contributed by atoms with Gasteiger partial charge in [0.1, 0.15) is 36.8 Å². The van der Waals surface area contributed by atoms with Gasteiger partial charge in [0.2, 0.25) is 11.4 Å². The van der Waals surface area contributed by atoms with Crippen LogP contribution in [0, 0.1) is 13.8 Å². The summed E-state index contributed by atoms with van der Waals surface area (Å²) in [5.74, 6) is 1.68. The van der Waals surface area contributed by atoms with Crippen molar-refractivity contribution >= 4 is 53.4 Å². The van der Waals surface area contributed by atoms with Gasteiger partial charge in [0.25, 0.3) is 0 Å². The highest BCUT2D eigenvalue weighted by molar-refractivity contribution is 7.26. The van der Waals surface area contributed by atoms with E-state index in [1.165, 1.54) is 25.7 Å². The third-order valence-corrected chi connectivity index (χ3v) is 9.81. The topological polar surface area (TPSA) is 30.1 Å². The Morgan fingerprint density at radius 1 is 0.605 bits per heavy atom. The number of aryl methyl sites for hydroxylation is 2. The summed E-state index contributed by atoms with van der Waals surface area (Å²) in [5, 5.41) is 4.58. The fraction of sp³-hybridized carbons (Fsp3) is 0.105. The van der Waals surface area contributed by atoms with Gasteiger partial charge in [0, 0.05) is 66.3 Å². The van der Waals surface area contributed by atoms with Gasteiger partial charge in [-0.1, -0.05) is 36.4 Å². The Kier molecular flexibility index (Phi) is 5.85. The SMILES string of the molecule is Cc1c(Oc2cc3c(sc4ccccc43)c(-c3cccc[n+]3C)c2C)cc2c(oc3ccccc32)c1-c1cccc[n+]1C. The number of benzene rings is 4. The Bertz CT molecular complexity index is 2210. The maximum absolute atomic E-state index is 7.04. The molecule has 0 aliphatic rings. The zero-order valence-electron chi connectivity index (χ0n) is 24.5. The van der Waals surface area contributed by atoms with E-state index in [9.17, 15) is 0 Å². The van der Waals surface area contributed by atoms with Gasteiger partial charge in [0.15, 0.2) is 12.4 Å². The highest BCUT2D eigenvalue weighted by Crippen LogP contribution is 2.47. The molecule has 8 aromatic rings. The van der Waals surface area contributed by atoms with E-state index >= 15 is 0 Å². The molecule has 4 aromatic carbocycles. The number of ether oxygens (including phenoxy) is 1. The lowest BCUT2D eigenvalue weighted by molar-refractivity contribution is -0.660. The molecule has 43 heavy (non-hydrogen) atoms. The van der Waals surface area contributed by atoms with Crippen molar-refractivity contribution in [3.8, 4) is 34.0 Å². The molecule has 0 N–H and O–H groups in total. The van der Waals surface area contributed by atoms with E-state index in [-0.39, 0.29) is 0 Å². The first-order valence-corrected chi connectivity index (χ1v) is 15.3. The monoisotopic (exact) mass is 578 g/mol. The molecule has 0 fully saturated rings. The molecular formula is C38H30N2O2S+2. The molecule has 0 aliphatic heterocycles. The fourth-order valence-corrected chi connectivity index (χ4v) is 7.66. The minimum atomic E-state index is 0.822. The lowest BCUT2D eigenvalue weighted by Gasteiger charge is -2.16. The maximum atomic E-state index is 7.04. The Balaban J connectivity index is 1.43. The number of nitrogens with zero attached hydrogens (tertiary/aromatic N) is 2. The molecule has 0 unspecified atom stereocenters. The molecule has 0 saturated carbocycles. The van der Waals surface area contributed by atoms with Gasteiger partial charge in [-0.2, -0.15) is 0 Å². The van der Waals surface area contributed by atoms with Crippen LogP contribution in [0.2, 0.25) is 0 Å². The lowest BCUT2D eigenvalue weighted by atomic mass is 9.98. The highest BCUT2D eigenvalue weighted by atomic mass is 32.1. The van der Waals surface area contributed by atoms with Crippen molar-refractivity contribution in [2.45, 2.75) is 13.8 Å². The van der Waals surface area contributed by atoms with Crippen molar-refractivity contribution in [3.05, 3.63) is 121 Å². The van der Waals surface area contributed by atoms with E-state index in [1.54, 1.807) is 0 Å². The number of fused-ring (bicyclic) bond motifs is 6. The van der Waals surface area contributed by atoms with Crippen molar-refractivity contribution in [2.75, 3.05) is 0 Å². The van der Waals surface area contributed by atoms with Crippen molar-refractivity contribution in [2.24, 2.45) is 14.1 Å². The van der Waals surface area contributed by atoms with Crippen LogP contribution in [0.15, 0.2) is 114 Å². The second-order valence-corrected chi connectivity index (χ2v) is 12.2. The average molecular weight is 579 g/mol. The van der Waals surface area contributed by atoms with Gasteiger partial charge in [-0.05, 0) is 50.2 Å². The summed E-state index contributed by atoms with van der Waals surface area (Å²) in [6.07, 6.45) is 4.18. The van der Waals surface area contributed by atoms with Crippen LogP contribution < -0.4 is 13.9 Å². The first kappa shape index (κ1) is 25.7. The van der Waals surface area contributed by atoms with Crippen LogP contribution in [0.4, 0.5) is 0 Å². The molecule has 4 nitrogen and oxygen atoms in total. The van der Waals surface area contributed by atoms with Crippen molar-refractivity contribution < 1.29 is 18.3 Å². The van der Waals surface area contributed by atoms with Crippen LogP contribution in [-0.2, 0) is 14.1 Å². The van der Waals surface area contributed by atoms with E-state index in [0.717, 1.165) is 61.5 Å². The molecular weight excluding hydrogens is 548 g/mol. The highest BCUT2D eigenvalue weighted by Gasteiger charge is 2.26. The minimum Gasteiger partial charge on any atom is -0.457 e. The molecule has 208 valence electrons. The summed E-state index contributed by atoms with van der Waals surface area (Å²) < 4.78 is 20.4. The summed E-state index contributed by atoms with van der Waals surface area (Å²) in [6, 6.07) is 33.9. The maximum Gasteiger partial charge on any atom is 0.216 e. The Morgan fingerprint density at radius 3 is 1.91 bits per heavy atom. The third-order valence-electron chi connectivity index (χ3n) is 8.60. The van der Waals surface area contributed by atoms with E-state index in [2.05, 4.69) is 128 Å². The Hall–Kier alpha value is -5.00. The number of hydrogen-bond donors (Lipinski definition) is 0. The van der Waals surface area contributed by atoms with Crippen molar-refractivity contribution in [3.63, 3.8) is 0 Å². The normalized spacial score (nSPS) is 11.7. The number of hydrogen-bond acceptors (Lipinski definition) is 3. The van der Waals surface area contributed by atoms with Crippen LogP contribution in [0.3, 0.4) is 0 Å². The number of rotatable bonds is 4. The Labute approximate surface area is 253 Å². The molecule has 0 spiro atoms. The molecule has 0 bridgehead atoms. The molecule has 0 aliphatic carbocycles. The van der Waals surface area contributed by atoms with Gasteiger partial charge in [0.05, 0.1) is 11.1 Å². The zero-order chi connectivity index (χ0) is 29.2. The van der Waals surface area contributed by atoms with Crippen LogP contribution in [0.25, 0.3) is 64.6 Å². The average Bonchev–Trinajstić information content (AvgIpc) is 3.57. The molecule has 0 amide bonds.